The van der Waals surface area contributed by atoms with Crippen molar-refractivity contribution in [2.75, 3.05) is 0 Å². The minimum atomic E-state index is 0.377. The van der Waals surface area contributed by atoms with Crippen LogP contribution in [-0.2, 0) is 0 Å². The Morgan fingerprint density at radius 1 is 0.900 bits per heavy atom. The predicted molar refractivity (Wildman–Crippen MR) is 94.2 cm³/mol. The van der Waals surface area contributed by atoms with Crippen LogP contribution in [0.1, 0.15) is 98.3 Å². The van der Waals surface area contributed by atoms with E-state index in [1.54, 1.807) is 0 Å². The largest absolute Gasteiger partial charge is 0.100 e. The lowest BCUT2D eigenvalue weighted by Gasteiger charge is -2.22. The molecule has 0 saturated heterocycles. The Morgan fingerprint density at radius 3 is 2.00 bits per heavy atom. The minimum Gasteiger partial charge on any atom is -0.100 e. The van der Waals surface area contributed by atoms with Crippen molar-refractivity contribution in [3.63, 3.8) is 0 Å². The van der Waals surface area contributed by atoms with E-state index < -0.39 is 0 Å². The van der Waals surface area contributed by atoms with Crippen LogP contribution >= 0.6 is 0 Å². The fourth-order valence-corrected chi connectivity index (χ4v) is 2.81. The summed E-state index contributed by atoms with van der Waals surface area (Å²) in [5.74, 6) is 0. The highest BCUT2D eigenvalue weighted by Gasteiger charge is 2.15. The highest BCUT2D eigenvalue weighted by molar-refractivity contribution is 4.97. The lowest BCUT2D eigenvalue weighted by atomic mass is 9.83. The highest BCUT2D eigenvalue weighted by Crippen LogP contribution is 2.28. The Bertz CT molecular complexity index is 257. The van der Waals surface area contributed by atoms with Crippen LogP contribution in [0.25, 0.3) is 0 Å². The van der Waals surface area contributed by atoms with Crippen molar-refractivity contribution in [3.8, 4) is 0 Å². The van der Waals surface area contributed by atoms with E-state index in [2.05, 4.69) is 46.4 Å². The molecular formula is C20H38. The second-order valence-electron chi connectivity index (χ2n) is 7.24. The van der Waals surface area contributed by atoms with Gasteiger partial charge in [0, 0.05) is 0 Å². The third-order valence-corrected chi connectivity index (χ3v) is 3.84. The zero-order valence-corrected chi connectivity index (χ0v) is 14.6. The Balaban J connectivity index is 3.42. The third-order valence-electron chi connectivity index (χ3n) is 3.84. The minimum absolute atomic E-state index is 0.377. The van der Waals surface area contributed by atoms with Gasteiger partial charge in [-0.1, -0.05) is 83.4 Å². The maximum absolute atomic E-state index is 4.02. The summed E-state index contributed by atoms with van der Waals surface area (Å²) in [7, 11) is 0. The molecule has 0 aromatic carbocycles. The van der Waals surface area contributed by atoms with Gasteiger partial charge in [-0.2, -0.15) is 0 Å². The maximum Gasteiger partial charge on any atom is -0.0271 e. The van der Waals surface area contributed by atoms with Crippen LogP contribution in [0, 0.1) is 5.41 Å². The summed E-state index contributed by atoms with van der Waals surface area (Å²) in [6, 6.07) is 0. The Hall–Kier alpha value is -0.520. The summed E-state index contributed by atoms with van der Waals surface area (Å²) in [5.41, 5.74) is 1.67. The van der Waals surface area contributed by atoms with Gasteiger partial charge in [0.15, 0.2) is 0 Å². The molecule has 0 radical (unpaired) electrons. The second-order valence-corrected chi connectivity index (χ2v) is 7.24. The van der Waals surface area contributed by atoms with E-state index in [9.17, 15) is 0 Å². The Kier molecular flexibility index (Phi) is 11.9. The summed E-state index contributed by atoms with van der Waals surface area (Å²) in [6.45, 7) is 13.1. The molecular weight excluding hydrogens is 240 g/mol. The lowest BCUT2D eigenvalue weighted by Crippen LogP contribution is -2.09. The average Bonchev–Trinajstić information content (AvgIpc) is 2.34. The molecule has 0 rings (SSSR count). The van der Waals surface area contributed by atoms with Gasteiger partial charge in [-0.05, 0) is 38.0 Å². The third kappa shape index (κ3) is 13.9. The first-order chi connectivity index (χ1) is 9.48. The molecule has 0 saturated carbocycles. The monoisotopic (exact) mass is 278 g/mol. The summed E-state index contributed by atoms with van der Waals surface area (Å²) in [4.78, 5) is 0. The first kappa shape index (κ1) is 19.5. The normalized spacial score (nSPS) is 12.2. The van der Waals surface area contributed by atoms with Gasteiger partial charge in [0.1, 0.15) is 0 Å². The highest BCUT2D eigenvalue weighted by atomic mass is 14.2. The first-order valence-electron chi connectivity index (χ1n) is 8.77. The molecule has 0 unspecified atom stereocenters. The molecule has 20 heavy (non-hydrogen) atoms. The summed E-state index contributed by atoms with van der Waals surface area (Å²) < 4.78 is 0. The predicted octanol–water partition coefficient (Wildman–Crippen LogP) is 7.46. The number of unbranched alkanes of at least 4 members (excludes halogenated alkanes) is 8. The number of hydrogen-bond donors (Lipinski definition) is 0. The van der Waals surface area contributed by atoms with E-state index in [0.717, 1.165) is 6.42 Å². The molecule has 0 spiro atoms. The summed E-state index contributed by atoms with van der Waals surface area (Å²) >= 11 is 0. The molecule has 0 heteroatoms. The van der Waals surface area contributed by atoms with Gasteiger partial charge in [0.05, 0.1) is 0 Å². The molecule has 118 valence electrons. The zero-order chi connectivity index (χ0) is 15.3. The topological polar surface area (TPSA) is 0 Å². The molecule has 0 aromatic heterocycles. The van der Waals surface area contributed by atoms with Crippen molar-refractivity contribution in [2.45, 2.75) is 98.3 Å². The van der Waals surface area contributed by atoms with E-state index in [-0.39, 0.29) is 0 Å². The van der Waals surface area contributed by atoms with Gasteiger partial charge in [0.2, 0.25) is 0 Å². The average molecular weight is 279 g/mol. The van der Waals surface area contributed by atoms with Crippen molar-refractivity contribution in [3.05, 3.63) is 24.3 Å². The zero-order valence-electron chi connectivity index (χ0n) is 14.6. The standard InChI is InChI=1S/C20H38/c1-6-7-8-9-10-11-12-13-14-15-16-17-20(4,5)18-19(2)3/h15-16H,2,6-14,17-18H2,1,3-5H3. The fraction of sp³-hybridized carbons (Fsp3) is 0.800. The van der Waals surface area contributed by atoms with Gasteiger partial charge in [-0.25, -0.2) is 0 Å². The van der Waals surface area contributed by atoms with Crippen LogP contribution in [0.5, 0.6) is 0 Å². The van der Waals surface area contributed by atoms with Crippen LogP contribution < -0.4 is 0 Å². The molecule has 0 nitrogen and oxygen atoms in total. The van der Waals surface area contributed by atoms with Crippen LogP contribution in [0.2, 0.25) is 0 Å². The fourth-order valence-electron chi connectivity index (χ4n) is 2.81. The van der Waals surface area contributed by atoms with Crippen molar-refractivity contribution in [1.29, 1.82) is 0 Å². The van der Waals surface area contributed by atoms with Crippen molar-refractivity contribution in [1.82, 2.24) is 0 Å². The van der Waals surface area contributed by atoms with Crippen molar-refractivity contribution >= 4 is 0 Å². The van der Waals surface area contributed by atoms with Crippen LogP contribution in [0.3, 0.4) is 0 Å². The van der Waals surface area contributed by atoms with E-state index in [4.69, 9.17) is 0 Å². The quantitative estimate of drug-likeness (QED) is 0.242. The Labute approximate surface area is 128 Å². The Morgan fingerprint density at radius 2 is 1.45 bits per heavy atom. The molecule has 0 aliphatic heterocycles. The first-order valence-corrected chi connectivity index (χ1v) is 8.77. The number of allylic oxidation sites excluding steroid dienone is 3. The summed E-state index contributed by atoms with van der Waals surface area (Å²) in [5, 5.41) is 0. The van der Waals surface area contributed by atoms with E-state index in [1.807, 2.05) is 0 Å². The smallest absolute Gasteiger partial charge is 0.0271 e. The van der Waals surface area contributed by atoms with Crippen LogP contribution in [0.15, 0.2) is 24.3 Å². The van der Waals surface area contributed by atoms with Gasteiger partial charge < -0.3 is 0 Å². The van der Waals surface area contributed by atoms with Gasteiger partial charge >= 0.3 is 0 Å². The van der Waals surface area contributed by atoms with Crippen LogP contribution in [0.4, 0.5) is 0 Å². The molecule has 0 atom stereocenters. The second kappa shape index (κ2) is 12.2. The number of hydrogen-bond acceptors (Lipinski definition) is 0. The maximum atomic E-state index is 4.02. The lowest BCUT2D eigenvalue weighted by molar-refractivity contribution is 0.368. The van der Waals surface area contributed by atoms with Gasteiger partial charge in [0.25, 0.3) is 0 Å². The molecule has 0 aliphatic carbocycles. The molecule has 0 aliphatic rings. The molecule has 0 amide bonds. The van der Waals surface area contributed by atoms with Crippen LogP contribution in [-0.4, -0.2) is 0 Å². The van der Waals surface area contributed by atoms with E-state index in [0.29, 0.717) is 5.41 Å². The molecule has 0 aromatic rings. The number of rotatable bonds is 13. The van der Waals surface area contributed by atoms with Gasteiger partial charge in [-0.3, -0.25) is 0 Å². The SMILES string of the molecule is C=C(C)CC(C)(C)CC=CCCCCCCCCCC. The molecule has 0 bridgehead atoms. The summed E-state index contributed by atoms with van der Waals surface area (Å²) in [6.07, 6.45) is 19.6. The van der Waals surface area contributed by atoms with E-state index in [1.165, 1.54) is 69.8 Å². The van der Waals surface area contributed by atoms with Gasteiger partial charge in [-0.15, -0.1) is 6.58 Å². The van der Waals surface area contributed by atoms with Crippen molar-refractivity contribution in [2.24, 2.45) is 5.41 Å². The van der Waals surface area contributed by atoms with E-state index >= 15 is 0 Å². The van der Waals surface area contributed by atoms with Crippen molar-refractivity contribution < 1.29 is 0 Å². The molecule has 0 fully saturated rings. The molecule has 0 N–H and O–H groups in total. The molecule has 0 heterocycles.